The fourth-order valence-corrected chi connectivity index (χ4v) is 5.04. The van der Waals surface area contributed by atoms with Gasteiger partial charge in [-0.15, -0.1) is 0 Å². The van der Waals surface area contributed by atoms with Crippen molar-refractivity contribution in [3.8, 4) is 0 Å². The Morgan fingerprint density at radius 2 is 1.46 bits per heavy atom. The normalized spacial score (nSPS) is 26.8. The number of likely N-dealkylation sites (tertiary alicyclic amines) is 2. The quantitative estimate of drug-likeness (QED) is 0.554. The summed E-state index contributed by atoms with van der Waals surface area (Å²) in [6.45, 7) is 7.56. The van der Waals surface area contributed by atoms with E-state index in [0.29, 0.717) is 18.1 Å². The minimum atomic E-state index is 0. The van der Waals surface area contributed by atoms with Gasteiger partial charge < -0.3 is 23.6 Å². The number of amides is 1. The van der Waals surface area contributed by atoms with Crippen molar-refractivity contribution in [3.05, 3.63) is 13.8 Å². The van der Waals surface area contributed by atoms with Crippen LogP contribution in [0.4, 0.5) is 0 Å². The van der Waals surface area contributed by atoms with Gasteiger partial charge in [0.2, 0.25) is 5.91 Å². The molecule has 28 heavy (non-hydrogen) atoms. The van der Waals surface area contributed by atoms with Crippen LogP contribution in [0.1, 0.15) is 71.1 Å². The van der Waals surface area contributed by atoms with Gasteiger partial charge in [-0.05, 0) is 70.5 Å². The Labute approximate surface area is 198 Å². The third-order valence-electron chi connectivity index (χ3n) is 6.96. The fraction of sp³-hybridized carbons (Fsp3) is 0.826. The number of carbonyl (C=O) groups is 2. The Morgan fingerprint density at radius 3 is 2.04 bits per heavy atom. The molecule has 0 aromatic carbocycles. The molecule has 0 unspecified atom stereocenters. The van der Waals surface area contributed by atoms with E-state index in [0.717, 1.165) is 44.7 Å². The van der Waals surface area contributed by atoms with Gasteiger partial charge in [0.05, 0.1) is 0 Å². The van der Waals surface area contributed by atoms with E-state index in [2.05, 4.69) is 16.2 Å². The molecule has 2 aliphatic heterocycles. The van der Waals surface area contributed by atoms with E-state index in [9.17, 15) is 9.59 Å². The molecule has 0 bridgehead atoms. The van der Waals surface area contributed by atoms with Crippen LogP contribution in [-0.4, -0.2) is 54.2 Å². The van der Waals surface area contributed by atoms with Crippen LogP contribution in [0.15, 0.2) is 0 Å². The van der Waals surface area contributed by atoms with Gasteiger partial charge in [0.15, 0.2) is 0 Å². The molecule has 3 aliphatic rings. The standard InChI is InChI=1S/C22H37N2O2.CH3.Y/c1-2-21(25)19-6-8-20(9-7-19)22(26)24-16-11-18(12-17-24)10-15-23-13-4-3-5-14-23;;/h3,18-20H,2,4-17H2,1H3;1H3;/q2*-1;. The topological polar surface area (TPSA) is 40.6 Å². The van der Waals surface area contributed by atoms with Crippen molar-refractivity contribution in [1.29, 1.82) is 0 Å². The second-order valence-electron chi connectivity index (χ2n) is 8.63. The molecule has 0 aromatic rings. The number of hydrogen-bond acceptors (Lipinski definition) is 3. The van der Waals surface area contributed by atoms with Crippen molar-refractivity contribution in [2.75, 3.05) is 32.7 Å². The first kappa shape index (κ1) is 26.2. The van der Waals surface area contributed by atoms with E-state index < -0.39 is 0 Å². The van der Waals surface area contributed by atoms with Gasteiger partial charge in [0.1, 0.15) is 5.78 Å². The Hall–Kier alpha value is 0.204. The van der Waals surface area contributed by atoms with Crippen LogP contribution in [0.3, 0.4) is 0 Å². The van der Waals surface area contributed by atoms with E-state index in [1.54, 1.807) is 0 Å². The molecule has 1 radical (unpaired) electrons. The maximum atomic E-state index is 12.8. The molecule has 2 heterocycles. The second-order valence-corrected chi connectivity index (χ2v) is 8.63. The van der Waals surface area contributed by atoms with Crippen molar-refractivity contribution >= 4 is 11.7 Å². The number of hydrogen-bond donors (Lipinski definition) is 0. The number of ketones is 1. The molecule has 159 valence electrons. The predicted molar refractivity (Wildman–Crippen MR) is 111 cm³/mol. The van der Waals surface area contributed by atoms with Crippen LogP contribution in [0, 0.1) is 31.6 Å². The zero-order valence-corrected chi connectivity index (χ0v) is 21.0. The average Bonchev–Trinajstić information content (AvgIpc) is 2.72. The molecule has 0 N–H and O–H groups in total. The van der Waals surface area contributed by atoms with Gasteiger partial charge in [0.25, 0.3) is 0 Å². The summed E-state index contributed by atoms with van der Waals surface area (Å²) >= 11 is 0. The molecule has 1 aliphatic carbocycles. The number of piperidine rings is 2. The molecule has 3 fully saturated rings. The summed E-state index contributed by atoms with van der Waals surface area (Å²) in [6, 6.07) is 0. The summed E-state index contributed by atoms with van der Waals surface area (Å²) in [4.78, 5) is 29.4. The average molecular weight is 465 g/mol. The van der Waals surface area contributed by atoms with Crippen molar-refractivity contribution < 1.29 is 42.3 Å². The van der Waals surface area contributed by atoms with Crippen LogP contribution in [-0.2, 0) is 42.3 Å². The molecular weight excluding hydrogens is 425 g/mol. The van der Waals surface area contributed by atoms with E-state index >= 15 is 0 Å². The van der Waals surface area contributed by atoms with Gasteiger partial charge in [-0.25, -0.2) is 0 Å². The monoisotopic (exact) mass is 465 g/mol. The SMILES string of the molecule is CCC(=O)C1CCC(C(=O)N2CCC(CCN3CC[CH-]CC3)CC2)CC1.[CH3-].[Y]. The van der Waals surface area contributed by atoms with Crippen LogP contribution in [0.5, 0.6) is 0 Å². The Kier molecular flexibility index (Phi) is 12.6. The van der Waals surface area contributed by atoms with Gasteiger partial charge in [-0.3, -0.25) is 9.59 Å². The summed E-state index contributed by atoms with van der Waals surface area (Å²) < 4.78 is 0. The summed E-state index contributed by atoms with van der Waals surface area (Å²) in [5, 5.41) is 0. The molecule has 1 amide bonds. The van der Waals surface area contributed by atoms with Crippen molar-refractivity contribution in [2.45, 2.75) is 71.1 Å². The third-order valence-corrected chi connectivity index (χ3v) is 6.96. The Balaban J connectivity index is 0.00000196. The molecular formula is C23H40N2O2Y-2. The third kappa shape index (κ3) is 7.47. The zero-order chi connectivity index (χ0) is 18.4. The smallest absolute Gasteiger partial charge is 0.225 e. The second kappa shape index (κ2) is 13.5. The molecule has 2 saturated heterocycles. The summed E-state index contributed by atoms with van der Waals surface area (Å²) in [5.74, 6) is 1.96. The number of Topliss-reactive ketones (excluding diaryl/α,β-unsaturated/α-hetero) is 1. The van der Waals surface area contributed by atoms with Crippen LogP contribution < -0.4 is 0 Å². The van der Waals surface area contributed by atoms with Crippen molar-refractivity contribution in [1.82, 2.24) is 9.80 Å². The largest absolute Gasteiger partial charge is 0.358 e. The van der Waals surface area contributed by atoms with E-state index in [4.69, 9.17) is 0 Å². The number of carbonyl (C=O) groups excluding carboxylic acids is 2. The summed E-state index contributed by atoms with van der Waals surface area (Å²) in [6.07, 6.45) is 12.9. The maximum Gasteiger partial charge on any atom is 0.225 e. The van der Waals surface area contributed by atoms with Crippen LogP contribution >= 0.6 is 0 Å². The minimum absolute atomic E-state index is 0. The number of rotatable bonds is 6. The summed E-state index contributed by atoms with van der Waals surface area (Å²) in [5.41, 5.74) is 0. The van der Waals surface area contributed by atoms with Gasteiger partial charge in [0, 0.05) is 64.1 Å². The molecule has 0 spiro atoms. The van der Waals surface area contributed by atoms with E-state index in [1.165, 1.54) is 51.7 Å². The maximum absolute atomic E-state index is 12.8. The first-order valence-electron chi connectivity index (χ1n) is 11.0. The van der Waals surface area contributed by atoms with Crippen molar-refractivity contribution in [2.24, 2.45) is 17.8 Å². The first-order chi connectivity index (χ1) is 12.7. The van der Waals surface area contributed by atoms with E-state index in [-0.39, 0.29) is 52.0 Å². The molecule has 0 aromatic heterocycles. The first-order valence-corrected chi connectivity index (χ1v) is 11.0. The van der Waals surface area contributed by atoms with Gasteiger partial charge in [-0.1, -0.05) is 6.92 Å². The zero-order valence-electron chi connectivity index (χ0n) is 18.2. The Morgan fingerprint density at radius 1 is 0.893 bits per heavy atom. The van der Waals surface area contributed by atoms with Crippen molar-refractivity contribution in [3.63, 3.8) is 0 Å². The molecule has 3 rings (SSSR count). The fourth-order valence-electron chi connectivity index (χ4n) is 5.04. The molecule has 0 atom stereocenters. The van der Waals surface area contributed by atoms with Crippen LogP contribution in [0.25, 0.3) is 0 Å². The van der Waals surface area contributed by atoms with E-state index in [1.807, 2.05) is 6.92 Å². The molecule has 4 nitrogen and oxygen atoms in total. The predicted octanol–water partition coefficient (Wildman–Crippen LogP) is 4.15. The van der Waals surface area contributed by atoms with Gasteiger partial charge >= 0.3 is 0 Å². The molecule has 5 heteroatoms. The Bertz CT molecular complexity index is 463. The number of nitrogens with zero attached hydrogens (tertiary/aromatic N) is 2. The minimum Gasteiger partial charge on any atom is -0.358 e. The molecule has 1 saturated carbocycles. The van der Waals surface area contributed by atoms with Gasteiger partial charge in [-0.2, -0.15) is 12.8 Å². The summed E-state index contributed by atoms with van der Waals surface area (Å²) in [7, 11) is 0. The van der Waals surface area contributed by atoms with Crippen LogP contribution in [0.2, 0.25) is 0 Å².